The van der Waals surface area contributed by atoms with Gasteiger partial charge in [-0.05, 0) is 18.9 Å². The molecule has 2 aromatic rings. The molecule has 110 valence electrons. The Kier molecular flexibility index (Phi) is 3.74. The second-order valence-electron chi connectivity index (χ2n) is 4.80. The summed E-state index contributed by atoms with van der Waals surface area (Å²) < 4.78 is 7.61. The van der Waals surface area contributed by atoms with Crippen molar-refractivity contribution >= 4 is 17.3 Å². The minimum absolute atomic E-state index is 0.0577. The summed E-state index contributed by atoms with van der Waals surface area (Å²) in [5, 5.41) is 19.3. The Balaban J connectivity index is 1.77. The van der Waals surface area contributed by atoms with E-state index >= 15 is 0 Å². The molecule has 0 atom stereocenters. The van der Waals surface area contributed by atoms with E-state index in [9.17, 15) is 10.1 Å². The van der Waals surface area contributed by atoms with E-state index in [0.29, 0.717) is 10.8 Å². The Morgan fingerprint density at radius 1 is 1.38 bits per heavy atom. The molecule has 0 saturated carbocycles. The van der Waals surface area contributed by atoms with E-state index in [1.165, 1.54) is 18.2 Å². The highest BCUT2D eigenvalue weighted by Gasteiger charge is 2.17. The summed E-state index contributed by atoms with van der Waals surface area (Å²) in [5.41, 5.74) is -0.0577. The summed E-state index contributed by atoms with van der Waals surface area (Å²) >= 11 is 5.99. The zero-order valence-electron chi connectivity index (χ0n) is 11.2. The molecule has 8 heteroatoms. The molecule has 0 bridgehead atoms. The van der Waals surface area contributed by atoms with Gasteiger partial charge in [-0.3, -0.25) is 10.1 Å². The number of hydrogen-bond acceptors (Lipinski definition) is 5. The third kappa shape index (κ3) is 2.82. The second-order valence-corrected chi connectivity index (χ2v) is 5.21. The van der Waals surface area contributed by atoms with Gasteiger partial charge in [-0.25, -0.2) is 0 Å². The fourth-order valence-corrected chi connectivity index (χ4v) is 2.51. The number of hydrogen-bond donors (Lipinski definition) is 0. The third-order valence-electron chi connectivity index (χ3n) is 3.42. The smallest absolute Gasteiger partial charge is 0.273 e. The standard InChI is InChI=1S/C13H13ClN4O3/c14-10-5-4-9(18(19)20)7-11(10)21-8-13-16-15-12-3-1-2-6-17(12)13/h4-5,7H,1-3,6,8H2. The molecule has 21 heavy (non-hydrogen) atoms. The molecule has 1 aliphatic rings. The number of benzene rings is 1. The lowest BCUT2D eigenvalue weighted by Gasteiger charge is -2.15. The maximum Gasteiger partial charge on any atom is 0.273 e. The lowest BCUT2D eigenvalue weighted by Crippen LogP contribution is -2.14. The Morgan fingerprint density at radius 2 is 2.24 bits per heavy atom. The van der Waals surface area contributed by atoms with E-state index in [1.807, 2.05) is 4.57 Å². The van der Waals surface area contributed by atoms with Gasteiger partial charge in [-0.15, -0.1) is 10.2 Å². The molecule has 0 saturated heterocycles. The molecule has 1 aromatic carbocycles. The van der Waals surface area contributed by atoms with Crippen LogP contribution in [-0.4, -0.2) is 19.7 Å². The number of ether oxygens (including phenoxy) is 1. The molecule has 1 aromatic heterocycles. The Labute approximate surface area is 125 Å². The number of nitrogens with zero attached hydrogens (tertiary/aromatic N) is 4. The quantitative estimate of drug-likeness (QED) is 0.640. The minimum atomic E-state index is -0.484. The SMILES string of the molecule is O=[N+]([O-])c1ccc(Cl)c(OCc2nnc3n2CCCC3)c1. The van der Waals surface area contributed by atoms with E-state index in [-0.39, 0.29) is 18.0 Å². The van der Waals surface area contributed by atoms with E-state index in [2.05, 4.69) is 10.2 Å². The Morgan fingerprint density at radius 3 is 3.05 bits per heavy atom. The van der Waals surface area contributed by atoms with Gasteiger partial charge in [-0.1, -0.05) is 11.6 Å². The number of fused-ring (bicyclic) bond motifs is 1. The number of non-ortho nitro benzene ring substituents is 1. The molecule has 7 nitrogen and oxygen atoms in total. The zero-order valence-corrected chi connectivity index (χ0v) is 11.9. The molecule has 0 amide bonds. The van der Waals surface area contributed by atoms with Gasteiger partial charge in [-0.2, -0.15) is 0 Å². The van der Waals surface area contributed by atoms with Crippen LogP contribution < -0.4 is 4.74 Å². The van der Waals surface area contributed by atoms with Crippen molar-refractivity contribution in [1.29, 1.82) is 0 Å². The molecular weight excluding hydrogens is 296 g/mol. The molecule has 0 fully saturated rings. The van der Waals surface area contributed by atoms with Crippen molar-refractivity contribution in [1.82, 2.24) is 14.8 Å². The zero-order chi connectivity index (χ0) is 14.8. The number of aryl methyl sites for hydroxylation is 1. The number of nitro benzene ring substituents is 1. The van der Waals surface area contributed by atoms with Gasteiger partial charge in [0.2, 0.25) is 0 Å². The van der Waals surface area contributed by atoms with Gasteiger partial charge >= 0.3 is 0 Å². The fourth-order valence-electron chi connectivity index (χ4n) is 2.33. The van der Waals surface area contributed by atoms with Crippen LogP contribution in [0.2, 0.25) is 5.02 Å². The van der Waals surface area contributed by atoms with E-state index < -0.39 is 4.92 Å². The summed E-state index contributed by atoms with van der Waals surface area (Å²) in [6.07, 6.45) is 3.13. The third-order valence-corrected chi connectivity index (χ3v) is 3.73. The lowest BCUT2D eigenvalue weighted by molar-refractivity contribution is -0.384. The second kappa shape index (κ2) is 5.69. The highest BCUT2D eigenvalue weighted by molar-refractivity contribution is 6.32. The minimum Gasteiger partial charge on any atom is -0.484 e. The van der Waals surface area contributed by atoms with Crippen molar-refractivity contribution in [2.75, 3.05) is 0 Å². The Bertz CT molecular complexity index is 686. The van der Waals surface area contributed by atoms with Gasteiger partial charge in [0.05, 0.1) is 16.0 Å². The van der Waals surface area contributed by atoms with E-state index in [1.54, 1.807) is 0 Å². The van der Waals surface area contributed by atoms with E-state index in [0.717, 1.165) is 31.6 Å². The van der Waals surface area contributed by atoms with Crippen LogP contribution in [0, 0.1) is 10.1 Å². The first-order chi connectivity index (χ1) is 10.1. The monoisotopic (exact) mass is 308 g/mol. The van der Waals surface area contributed by atoms with Crippen LogP contribution in [0.3, 0.4) is 0 Å². The predicted octanol–water partition coefficient (Wildman–Crippen LogP) is 2.76. The van der Waals surface area contributed by atoms with Crippen LogP contribution in [0.1, 0.15) is 24.5 Å². The van der Waals surface area contributed by atoms with Crippen LogP contribution in [0.25, 0.3) is 0 Å². The van der Waals surface area contributed by atoms with Gasteiger partial charge < -0.3 is 9.30 Å². The fraction of sp³-hybridized carbons (Fsp3) is 0.385. The average molecular weight is 309 g/mol. The average Bonchev–Trinajstić information content (AvgIpc) is 2.89. The van der Waals surface area contributed by atoms with Gasteiger partial charge in [0.15, 0.2) is 5.82 Å². The summed E-state index contributed by atoms with van der Waals surface area (Å²) in [7, 11) is 0. The van der Waals surface area contributed by atoms with Crippen LogP contribution in [0.15, 0.2) is 18.2 Å². The predicted molar refractivity (Wildman–Crippen MR) is 75.4 cm³/mol. The highest BCUT2D eigenvalue weighted by Crippen LogP contribution is 2.29. The number of rotatable bonds is 4. The molecule has 1 aliphatic heterocycles. The molecule has 0 N–H and O–H groups in total. The maximum absolute atomic E-state index is 10.8. The number of nitro groups is 1. The van der Waals surface area contributed by atoms with Crippen molar-refractivity contribution in [3.8, 4) is 5.75 Å². The summed E-state index contributed by atoms with van der Waals surface area (Å²) in [6, 6.07) is 4.11. The highest BCUT2D eigenvalue weighted by atomic mass is 35.5. The van der Waals surface area contributed by atoms with Crippen molar-refractivity contribution in [3.63, 3.8) is 0 Å². The number of halogens is 1. The molecule has 0 radical (unpaired) electrons. The maximum atomic E-state index is 10.8. The van der Waals surface area contributed by atoms with Crippen LogP contribution in [0.5, 0.6) is 5.75 Å². The van der Waals surface area contributed by atoms with Crippen molar-refractivity contribution in [2.45, 2.75) is 32.4 Å². The topological polar surface area (TPSA) is 83.1 Å². The molecular formula is C13H13ClN4O3. The largest absolute Gasteiger partial charge is 0.484 e. The van der Waals surface area contributed by atoms with Crippen LogP contribution in [0.4, 0.5) is 5.69 Å². The lowest BCUT2D eigenvalue weighted by atomic mass is 10.2. The normalized spacial score (nSPS) is 13.8. The molecule has 3 rings (SSSR count). The molecule has 2 heterocycles. The van der Waals surface area contributed by atoms with Gasteiger partial charge in [0.1, 0.15) is 18.2 Å². The van der Waals surface area contributed by atoms with Crippen LogP contribution in [-0.2, 0) is 19.6 Å². The first-order valence-electron chi connectivity index (χ1n) is 6.63. The van der Waals surface area contributed by atoms with Crippen molar-refractivity contribution in [2.24, 2.45) is 0 Å². The molecule has 0 aliphatic carbocycles. The molecule has 0 unspecified atom stereocenters. The van der Waals surface area contributed by atoms with E-state index in [4.69, 9.17) is 16.3 Å². The first-order valence-corrected chi connectivity index (χ1v) is 7.00. The van der Waals surface area contributed by atoms with Crippen molar-refractivity contribution < 1.29 is 9.66 Å². The summed E-state index contributed by atoms with van der Waals surface area (Å²) in [4.78, 5) is 10.3. The first kappa shape index (κ1) is 13.8. The Hall–Kier alpha value is -2.15. The van der Waals surface area contributed by atoms with Gasteiger partial charge in [0.25, 0.3) is 5.69 Å². The van der Waals surface area contributed by atoms with Crippen LogP contribution >= 0.6 is 11.6 Å². The summed E-state index contributed by atoms with van der Waals surface area (Å²) in [5.74, 6) is 1.95. The van der Waals surface area contributed by atoms with Crippen molar-refractivity contribution in [3.05, 3.63) is 45.0 Å². The molecule has 0 spiro atoms. The summed E-state index contributed by atoms with van der Waals surface area (Å²) in [6.45, 7) is 1.07. The number of aromatic nitrogens is 3. The van der Waals surface area contributed by atoms with Gasteiger partial charge in [0, 0.05) is 19.0 Å².